The molecule has 0 radical (unpaired) electrons. The fraction of sp³-hybridized carbons (Fsp3) is 0.643. The molecule has 0 amide bonds. The fourth-order valence-corrected chi connectivity index (χ4v) is 2.86. The van der Waals surface area contributed by atoms with Crippen LogP contribution in [0.4, 0.5) is 0 Å². The summed E-state index contributed by atoms with van der Waals surface area (Å²) in [5, 5.41) is 11.0. The standard InChI is InChI=1S/C14H21NO2/c1-10-6-4-8-14(16,11(10)2)13-12(17-3)7-5-9-15-13/h5,7,9-11,16H,4,6,8H2,1-3H3. The fourth-order valence-electron chi connectivity index (χ4n) is 2.86. The molecule has 1 heterocycles. The molecule has 0 bridgehead atoms. The predicted octanol–water partition coefficient (Wildman–Crippen LogP) is 2.73. The minimum atomic E-state index is -0.843. The van der Waals surface area contributed by atoms with Gasteiger partial charge in [0.15, 0.2) is 0 Å². The summed E-state index contributed by atoms with van der Waals surface area (Å²) in [6, 6.07) is 3.70. The van der Waals surface area contributed by atoms with Crippen LogP contribution in [0.2, 0.25) is 0 Å². The molecule has 1 N–H and O–H groups in total. The zero-order valence-electron chi connectivity index (χ0n) is 10.8. The molecule has 3 atom stereocenters. The van der Waals surface area contributed by atoms with Crippen molar-refractivity contribution in [2.45, 2.75) is 38.7 Å². The van der Waals surface area contributed by atoms with Gasteiger partial charge in [-0.25, -0.2) is 0 Å². The van der Waals surface area contributed by atoms with Gasteiger partial charge < -0.3 is 9.84 Å². The Kier molecular flexibility index (Phi) is 3.38. The van der Waals surface area contributed by atoms with Crippen molar-refractivity contribution in [3.05, 3.63) is 24.0 Å². The van der Waals surface area contributed by atoms with Gasteiger partial charge in [0.05, 0.1) is 7.11 Å². The van der Waals surface area contributed by atoms with Gasteiger partial charge in [0.25, 0.3) is 0 Å². The predicted molar refractivity (Wildman–Crippen MR) is 66.9 cm³/mol. The highest BCUT2D eigenvalue weighted by Crippen LogP contribution is 2.46. The summed E-state index contributed by atoms with van der Waals surface area (Å²) in [6.07, 6.45) is 4.72. The number of nitrogens with zero attached hydrogens (tertiary/aromatic N) is 1. The van der Waals surface area contributed by atoms with Gasteiger partial charge in [-0.15, -0.1) is 0 Å². The zero-order valence-corrected chi connectivity index (χ0v) is 10.8. The number of pyridine rings is 1. The second-order valence-corrected chi connectivity index (χ2v) is 5.14. The highest BCUT2D eigenvalue weighted by atomic mass is 16.5. The quantitative estimate of drug-likeness (QED) is 0.857. The van der Waals surface area contributed by atoms with E-state index in [4.69, 9.17) is 4.74 Å². The molecule has 1 aliphatic rings. The van der Waals surface area contributed by atoms with Gasteiger partial charge in [0.2, 0.25) is 0 Å². The van der Waals surface area contributed by atoms with Gasteiger partial charge in [-0.2, -0.15) is 0 Å². The number of aliphatic hydroxyl groups is 1. The lowest BCUT2D eigenvalue weighted by Crippen LogP contribution is -2.41. The average molecular weight is 235 g/mol. The van der Waals surface area contributed by atoms with Crippen LogP contribution in [-0.2, 0) is 5.60 Å². The highest BCUT2D eigenvalue weighted by Gasteiger charge is 2.43. The van der Waals surface area contributed by atoms with E-state index in [1.54, 1.807) is 13.3 Å². The molecule has 1 aromatic rings. The molecule has 1 saturated carbocycles. The van der Waals surface area contributed by atoms with Crippen molar-refractivity contribution in [1.82, 2.24) is 4.98 Å². The highest BCUT2D eigenvalue weighted by molar-refractivity contribution is 5.32. The van der Waals surface area contributed by atoms with Crippen molar-refractivity contribution in [3.8, 4) is 5.75 Å². The van der Waals surface area contributed by atoms with E-state index in [9.17, 15) is 5.11 Å². The number of aromatic nitrogens is 1. The lowest BCUT2D eigenvalue weighted by molar-refractivity contribution is -0.0735. The summed E-state index contributed by atoms with van der Waals surface area (Å²) in [5.74, 6) is 1.41. The van der Waals surface area contributed by atoms with Crippen LogP contribution in [0.25, 0.3) is 0 Å². The van der Waals surface area contributed by atoms with Gasteiger partial charge in [0.1, 0.15) is 17.0 Å². The Bertz CT molecular complexity index is 394. The molecule has 0 spiro atoms. The molecule has 3 heteroatoms. The van der Waals surface area contributed by atoms with E-state index >= 15 is 0 Å². The van der Waals surface area contributed by atoms with E-state index in [-0.39, 0.29) is 5.92 Å². The first kappa shape index (κ1) is 12.4. The normalized spacial score (nSPS) is 33.4. The molecule has 94 valence electrons. The van der Waals surface area contributed by atoms with E-state index in [1.165, 1.54) is 6.42 Å². The van der Waals surface area contributed by atoms with Crippen LogP contribution in [-0.4, -0.2) is 17.2 Å². The van der Waals surface area contributed by atoms with E-state index in [2.05, 4.69) is 18.8 Å². The van der Waals surface area contributed by atoms with Crippen molar-refractivity contribution < 1.29 is 9.84 Å². The summed E-state index contributed by atoms with van der Waals surface area (Å²) < 4.78 is 5.32. The second-order valence-electron chi connectivity index (χ2n) is 5.14. The largest absolute Gasteiger partial charge is 0.495 e. The minimum absolute atomic E-state index is 0.208. The Balaban J connectivity index is 2.42. The van der Waals surface area contributed by atoms with Crippen molar-refractivity contribution >= 4 is 0 Å². The Morgan fingerprint density at radius 2 is 2.24 bits per heavy atom. The van der Waals surface area contributed by atoms with Crippen molar-refractivity contribution in [2.24, 2.45) is 11.8 Å². The van der Waals surface area contributed by atoms with Gasteiger partial charge in [0, 0.05) is 6.20 Å². The molecule has 0 aliphatic heterocycles. The van der Waals surface area contributed by atoms with Crippen molar-refractivity contribution in [1.29, 1.82) is 0 Å². The summed E-state index contributed by atoms with van der Waals surface area (Å²) in [5.41, 5.74) is -0.147. The minimum Gasteiger partial charge on any atom is -0.495 e. The molecule has 0 aromatic carbocycles. The summed E-state index contributed by atoms with van der Waals surface area (Å²) >= 11 is 0. The summed E-state index contributed by atoms with van der Waals surface area (Å²) in [6.45, 7) is 4.31. The maximum Gasteiger partial charge on any atom is 0.143 e. The first-order valence-electron chi connectivity index (χ1n) is 6.31. The number of ether oxygens (including phenoxy) is 1. The van der Waals surface area contributed by atoms with Gasteiger partial charge >= 0.3 is 0 Å². The number of hydrogen-bond acceptors (Lipinski definition) is 3. The topological polar surface area (TPSA) is 42.4 Å². The van der Waals surface area contributed by atoms with Gasteiger partial charge in [-0.1, -0.05) is 20.3 Å². The maximum absolute atomic E-state index is 11.0. The molecular formula is C14H21NO2. The first-order valence-corrected chi connectivity index (χ1v) is 6.31. The molecule has 2 rings (SSSR count). The third kappa shape index (κ3) is 2.04. The Labute approximate surface area is 103 Å². The molecule has 17 heavy (non-hydrogen) atoms. The Morgan fingerprint density at radius 3 is 2.94 bits per heavy atom. The van der Waals surface area contributed by atoms with Gasteiger partial charge in [-0.3, -0.25) is 4.98 Å². The monoisotopic (exact) mass is 235 g/mol. The zero-order chi connectivity index (χ0) is 12.5. The van der Waals surface area contributed by atoms with Crippen LogP contribution in [0.1, 0.15) is 38.8 Å². The first-order chi connectivity index (χ1) is 8.09. The van der Waals surface area contributed by atoms with Crippen LogP contribution >= 0.6 is 0 Å². The van der Waals surface area contributed by atoms with Crippen LogP contribution < -0.4 is 4.74 Å². The molecule has 0 saturated heterocycles. The lowest BCUT2D eigenvalue weighted by atomic mass is 9.69. The SMILES string of the molecule is COc1cccnc1C1(O)CCCC(C)C1C. The van der Waals surface area contributed by atoms with Crippen LogP contribution in [0.15, 0.2) is 18.3 Å². The molecule has 1 aliphatic carbocycles. The van der Waals surface area contributed by atoms with Gasteiger partial charge in [-0.05, 0) is 36.8 Å². The molecule has 3 unspecified atom stereocenters. The van der Waals surface area contributed by atoms with Crippen LogP contribution in [0.3, 0.4) is 0 Å². The smallest absolute Gasteiger partial charge is 0.143 e. The average Bonchev–Trinajstić information content (AvgIpc) is 2.36. The van der Waals surface area contributed by atoms with E-state index in [0.29, 0.717) is 17.4 Å². The third-order valence-electron chi connectivity index (χ3n) is 4.22. The summed E-state index contributed by atoms with van der Waals surface area (Å²) in [4.78, 5) is 4.35. The molecule has 1 fully saturated rings. The second kappa shape index (κ2) is 4.65. The summed E-state index contributed by atoms with van der Waals surface area (Å²) in [7, 11) is 1.63. The third-order valence-corrected chi connectivity index (χ3v) is 4.22. The Morgan fingerprint density at radius 1 is 1.47 bits per heavy atom. The maximum atomic E-state index is 11.0. The van der Waals surface area contributed by atoms with E-state index in [1.807, 2.05) is 12.1 Å². The van der Waals surface area contributed by atoms with Crippen molar-refractivity contribution in [3.63, 3.8) is 0 Å². The van der Waals surface area contributed by atoms with E-state index in [0.717, 1.165) is 12.8 Å². The van der Waals surface area contributed by atoms with E-state index < -0.39 is 5.60 Å². The number of methoxy groups -OCH3 is 1. The van der Waals surface area contributed by atoms with Crippen LogP contribution in [0.5, 0.6) is 5.75 Å². The molecular weight excluding hydrogens is 214 g/mol. The Hall–Kier alpha value is -1.09. The lowest BCUT2D eigenvalue weighted by Gasteiger charge is -2.41. The number of rotatable bonds is 2. The number of hydrogen-bond donors (Lipinski definition) is 1. The van der Waals surface area contributed by atoms with Crippen LogP contribution in [0, 0.1) is 11.8 Å². The van der Waals surface area contributed by atoms with Crippen molar-refractivity contribution in [2.75, 3.05) is 7.11 Å². The molecule has 1 aromatic heterocycles. The molecule has 3 nitrogen and oxygen atoms in total.